The number of nitrogens with zero attached hydrogens (tertiary/aromatic N) is 4. The molecule has 2 aromatic rings. The molecule has 0 aromatic carbocycles. The Morgan fingerprint density at radius 2 is 2.41 bits per heavy atom. The third-order valence-electron chi connectivity index (χ3n) is 2.94. The van der Waals surface area contributed by atoms with Crippen LogP contribution in [0.15, 0.2) is 18.3 Å². The number of rotatable bonds is 1. The van der Waals surface area contributed by atoms with Crippen LogP contribution in [-0.2, 0) is 0 Å². The van der Waals surface area contributed by atoms with Gasteiger partial charge in [0.1, 0.15) is 5.15 Å². The predicted octanol–water partition coefficient (Wildman–Crippen LogP) is 2.10. The van der Waals surface area contributed by atoms with Crippen LogP contribution in [0.25, 0.3) is 5.65 Å². The summed E-state index contributed by atoms with van der Waals surface area (Å²) in [6, 6.07) is 3.81. The van der Waals surface area contributed by atoms with E-state index in [1.54, 1.807) is 10.7 Å². The molecule has 0 N–H and O–H groups in total. The lowest BCUT2D eigenvalue weighted by atomic mass is 10.2. The number of hydrogen-bond acceptors (Lipinski definition) is 4. The highest BCUT2D eigenvalue weighted by molar-refractivity contribution is 7.99. The van der Waals surface area contributed by atoms with E-state index in [-0.39, 0.29) is 0 Å². The van der Waals surface area contributed by atoms with Gasteiger partial charge in [-0.25, -0.2) is 9.50 Å². The van der Waals surface area contributed by atoms with Gasteiger partial charge in [-0.3, -0.25) is 0 Å². The van der Waals surface area contributed by atoms with Crippen LogP contribution in [0.4, 0.5) is 0 Å². The summed E-state index contributed by atoms with van der Waals surface area (Å²) in [5.41, 5.74) is 1.88. The maximum absolute atomic E-state index is 6.20. The Kier molecular flexibility index (Phi) is 2.98. The first-order valence-electron chi connectivity index (χ1n) is 5.54. The van der Waals surface area contributed by atoms with Crippen molar-refractivity contribution in [1.82, 2.24) is 19.5 Å². The van der Waals surface area contributed by atoms with Crippen LogP contribution in [0.5, 0.6) is 0 Å². The molecular weight excluding hydrogens is 256 g/mol. The molecule has 1 atom stereocenters. The van der Waals surface area contributed by atoms with Gasteiger partial charge in [0, 0.05) is 24.9 Å². The largest absolute Gasteiger partial charge is 0.304 e. The van der Waals surface area contributed by atoms with Crippen molar-refractivity contribution < 1.29 is 0 Å². The lowest BCUT2D eigenvalue weighted by Crippen LogP contribution is -2.31. The van der Waals surface area contributed by atoms with Gasteiger partial charge < -0.3 is 4.90 Å². The van der Waals surface area contributed by atoms with Gasteiger partial charge in [-0.1, -0.05) is 11.6 Å². The van der Waals surface area contributed by atoms with Crippen LogP contribution in [0, 0.1) is 0 Å². The molecule has 4 nitrogen and oxygen atoms in total. The number of hydrogen-bond donors (Lipinski definition) is 0. The first-order chi connectivity index (χ1) is 8.24. The first-order valence-corrected chi connectivity index (χ1v) is 6.97. The minimum Gasteiger partial charge on any atom is -0.304 e. The highest BCUT2D eigenvalue weighted by Crippen LogP contribution is 2.32. The normalized spacial score (nSPS) is 22.1. The number of halogens is 1. The van der Waals surface area contributed by atoms with Crippen molar-refractivity contribution in [2.24, 2.45) is 0 Å². The van der Waals surface area contributed by atoms with Gasteiger partial charge >= 0.3 is 0 Å². The molecule has 0 aliphatic carbocycles. The van der Waals surface area contributed by atoms with Crippen LogP contribution in [0.2, 0.25) is 5.15 Å². The summed E-state index contributed by atoms with van der Waals surface area (Å²) in [5, 5.41) is 5.16. The molecule has 17 heavy (non-hydrogen) atoms. The van der Waals surface area contributed by atoms with E-state index in [1.165, 1.54) is 0 Å². The van der Waals surface area contributed by atoms with Gasteiger partial charge in [-0.15, -0.1) is 11.8 Å². The average Bonchev–Trinajstić information content (AvgIpc) is 2.77. The predicted molar refractivity (Wildman–Crippen MR) is 70.7 cm³/mol. The van der Waals surface area contributed by atoms with Crippen molar-refractivity contribution >= 4 is 29.0 Å². The van der Waals surface area contributed by atoms with Gasteiger partial charge in [0.05, 0.1) is 17.1 Å². The molecule has 1 fully saturated rings. The topological polar surface area (TPSA) is 33.4 Å². The first kappa shape index (κ1) is 11.3. The van der Waals surface area contributed by atoms with Crippen LogP contribution in [0.1, 0.15) is 10.9 Å². The van der Waals surface area contributed by atoms with E-state index < -0.39 is 0 Å². The van der Waals surface area contributed by atoms with Crippen molar-refractivity contribution in [3.8, 4) is 0 Å². The molecule has 1 aliphatic heterocycles. The SMILES string of the molecule is CN1CCSC(c2cc(Cl)n3nccc3n2)C1. The Balaban J connectivity index is 1.99. The number of thioether (sulfide) groups is 1. The molecule has 2 aromatic heterocycles. The quantitative estimate of drug-likeness (QED) is 0.742. The minimum atomic E-state index is 0.408. The van der Waals surface area contributed by atoms with Crippen LogP contribution >= 0.6 is 23.4 Å². The molecule has 0 amide bonds. The molecule has 0 bridgehead atoms. The molecule has 3 heterocycles. The highest BCUT2D eigenvalue weighted by Gasteiger charge is 2.21. The fourth-order valence-corrected chi connectivity index (χ4v) is 3.61. The lowest BCUT2D eigenvalue weighted by molar-refractivity contribution is 0.345. The molecule has 6 heteroatoms. The monoisotopic (exact) mass is 268 g/mol. The van der Waals surface area contributed by atoms with Crippen LogP contribution < -0.4 is 0 Å². The van der Waals surface area contributed by atoms with E-state index in [2.05, 4.69) is 22.0 Å². The van der Waals surface area contributed by atoms with E-state index in [0.717, 1.165) is 30.2 Å². The Morgan fingerprint density at radius 3 is 3.24 bits per heavy atom. The Bertz CT molecular complexity index is 541. The van der Waals surface area contributed by atoms with Gasteiger partial charge in [0.15, 0.2) is 5.65 Å². The Hall–Kier alpha value is -0.780. The number of aromatic nitrogens is 3. The molecule has 1 aliphatic rings. The number of fused-ring (bicyclic) bond motifs is 1. The van der Waals surface area contributed by atoms with Crippen LogP contribution in [0.3, 0.4) is 0 Å². The maximum Gasteiger partial charge on any atom is 0.156 e. The highest BCUT2D eigenvalue weighted by atomic mass is 35.5. The average molecular weight is 269 g/mol. The smallest absolute Gasteiger partial charge is 0.156 e. The van der Waals surface area contributed by atoms with E-state index in [9.17, 15) is 0 Å². The zero-order valence-corrected chi connectivity index (χ0v) is 11.1. The summed E-state index contributed by atoms with van der Waals surface area (Å²) >= 11 is 8.14. The molecule has 0 saturated carbocycles. The number of likely N-dealkylation sites (N-methyl/N-ethyl adjacent to an activating group) is 1. The van der Waals surface area contributed by atoms with Crippen molar-refractivity contribution in [3.05, 3.63) is 29.2 Å². The van der Waals surface area contributed by atoms with Gasteiger partial charge in [-0.05, 0) is 13.1 Å². The summed E-state index contributed by atoms with van der Waals surface area (Å²) < 4.78 is 1.66. The fourth-order valence-electron chi connectivity index (χ4n) is 2.02. The maximum atomic E-state index is 6.20. The molecule has 1 saturated heterocycles. The molecule has 0 spiro atoms. The zero-order valence-electron chi connectivity index (χ0n) is 9.51. The summed E-state index contributed by atoms with van der Waals surface area (Å²) in [6.07, 6.45) is 1.72. The van der Waals surface area contributed by atoms with Crippen molar-refractivity contribution in [1.29, 1.82) is 0 Å². The summed E-state index contributed by atoms with van der Waals surface area (Å²) in [7, 11) is 2.14. The fraction of sp³-hybridized carbons (Fsp3) is 0.455. The van der Waals surface area contributed by atoms with Gasteiger partial charge in [0.2, 0.25) is 0 Å². The zero-order chi connectivity index (χ0) is 11.8. The molecule has 0 radical (unpaired) electrons. The molecule has 90 valence electrons. The third-order valence-corrected chi connectivity index (χ3v) is 4.42. The molecule has 1 unspecified atom stereocenters. The lowest BCUT2D eigenvalue weighted by Gasteiger charge is -2.28. The van der Waals surface area contributed by atoms with Crippen molar-refractivity contribution in [2.45, 2.75) is 5.25 Å². The van der Waals surface area contributed by atoms with E-state index >= 15 is 0 Å². The minimum absolute atomic E-state index is 0.408. The Morgan fingerprint density at radius 1 is 1.53 bits per heavy atom. The molecule has 3 rings (SSSR count). The second kappa shape index (κ2) is 4.48. The summed E-state index contributed by atoms with van der Waals surface area (Å²) in [6.45, 7) is 2.17. The van der Waals surface area contributed by atoms with E-state index in [4.69, 9.17) is 11.6 Å². The standard InChI is InChI=1S/C11H13ClN4S/c1-15-4-5-17-9(7-15)8-6-10(12)16-11(14-8)2-3-13-16/h2-3,6,9H,4-5,7H2,1H3. The van der Waals surface area contributed by atoms with E-state index in [1.807, 2.05) is 23.9 Å². The van der Waals surface area contributed by atoms with E-state index in [0.29, 0.717) is 10.4 Å². The summed E-state index contributed by atoms with van der Waals surface area (Å²) in [4.78, 5) is 6.95. The van der Waals surface area contributed by atoms with Crippen molar-refractivity contribution in [2.75, 3.05) is 25.9 Å². The second-order valence-electron chi connectivity index (χ2n) is 4.23. The second-order valence-corrected chi connectivity index (χ2v) is 5.92. The summed E-state index contributed by atoms with van der Waals surface area (Å²) in [5.74, 6) is 1.14. The van der Waals surface area contributed by atoms with Crippen molar-refractivity contribution in [3.63, 3.8) is 0 Å². The van der Waals surface area contributed by atoms with Gasteiger partial charge in [0.25, 0.3) is 0 Å². The molecular formula is C11H13ClN4S. The Labute approximate surface area is 109 Å². The van der Waals surface area contributed by atoms with Crippen LogP contribution in [-0.4, -0.2) is 45.4 Å². The third kappa shape index (κ3) is 2.14. The van der Waals surface area contributed by atoms with Gasteiger partial charge in [-0.2, -0.15) is 5.10 Å².